The number of nitriles is 1. The van der Waals surface area contributed by atoms with Gasteiger partial charge in [0.05, 0.1) is 24.7 Å². The van der Waals surface area contributed by atoms with Gasteiger partial charge < -0.3 is 9.74 Å². The highest BCUT2D eigenvalue weighted by Crippen LogP contribution is 2.24. The molecule has 1 aliphatic rings. The maximum absolute atomic E-state index is 13.5. The molecule has 0 amide bonds. The Morgan fingerprint density at radius 3 is 2.52 bits per heavy atom. The molecule has 3 heterocycles. The summed E-state index contributed by atoms with van der Waals surface area (Å²) < 4.78 is 3.20. The highest BCUT2D eigenvalue weighted by atomic mass is 16.1. The smallest absolute Gasteiger partial charge is 0.343 e. The second-order valence-corrected chi connectivity index (χ2v) is 7.37. The summed E-state index contributed by atoms with van der Waals surface area (Å²) in [5.74, 6) is 6.61. The van der Waals surface area contributed by atoms with Gasteiger partial charge in [-0.05, 0) is 43.9 Å². The van der Waals surface area contributed by atoms with E-state index in [-0.39, 0.29) is 23.7 Å². The zero-order chi connectivity index (χ0) is 21.8. The first kappa shape index (κ1) is 20.2. The average Bonchev–Trinajstić information content (AvgIpc) is 3.19. The second kappa shape index (κ2) is 8.73. The zero-order valence-electron chi connectivity index (χ0n) is 17.3. The van der Waals surface area contributed by atoms with E-state index in [9.17, 15) is 4.79 Å². The molecule has 8 heteroatoms. The van der Waals surface area contributed by atoms with Gasteiger partial charge in [0.1, 0.15) is 0 Å². The summed E-state index contributed by atoms with van der Waals surface area (Å²) in [6.07, 6.45) is 3.33. The Hall–Kier alpha value is -4.09. The number of piperidine rings is 1. The minimum absolute atomic E-state index is 0.00159. The van der Waals surface area contributed by atoms with Crippen LogP contribution in [0, 0.1) is 29.7 Å². The first-order chi connectivity index (χ1) is 15.2. The molecular weight excluding hydrogens is 390 g/mol. The van der Waals surface area contributed by atoms with Crippen LogP contribution in [0.4, 0.5) is 11.9 Å². The van der Waals surface area contributed by atoms with Crippen molar-refractivity contribution in [3.8, 4) is 17.9 Å². The van der Waals surface area contributed by atoms with E-state index >= 15 is 0 Å². The van der Waals surface area contributed by atoms with Gasteiger partial charge in [-0.2, -0.15) is 10.2 Å². The SMILES string of the molecule is [C-]#[N+]c1nc2nc(N3CCCCC3)n(CC#CC)c2c(=O)n1Cc1ccc(C#N)cc1. The summed E-state index contributed by atoms with van der Waals surface area (Å²) in [6.45, 7) is 11.6. The molecule has 1 aromatic carbocycles. The standard InChI is InChI=1S/C23H21N7O/c1-3-4-14-29-19-20(27-23(29)28-12-6-5-7-13-28)26-22(25-2)30(21(19)31)16-18-10-8-17(15-24)9-11-18/h8-11H,5-7,12-14,16H2,1H3. The van der Waals surface area contributed by atoms with Crippen LogP contribution in [0.25, 0.3) is 16.0 Å². The molecule has 0 N–H and O–H groups in total. The van der Waals surface area contributed by atoms with E-state index in [1.54, 1.807) is 31.2 Å². The van der Waals surface area contributed by atoms with E-state index in [4.69, 9.17) is 11.8 Å². The fraction of sp³-hybridized carbons (Fsp3) is 0.348. The zero-order valence-corrected chi connectivity index (χ0v) is 17.3. The lowest BCUT2D eigenvalue weighted by Gasteiger charge is -2.27. The molecule has 2 aromatic heterocycles. The molecule has 1 saturated heterocycles. The van der Waals surface area contributed by atoms with E-state index in [0.717, 1.165) is 31.5 Å². The normalized spacial score (nSPS) is 13.3. The number of rotatable bonds is 4. The fourth-order valence-electron chi connectivity index (χ4n) is 3.83. The number of benzene rings is 1. The van der Waals surface area contributed by atoms with Crippen molar-refractivity contribution in [1.29, 1.82) is 5.26 Å². The molecule has 0 bridgehead atoms. The van der Waals surface area contributed by atoms with Crippen LogP contribution >= 0.6 is 0 Å². The van der Waals surface area contributed by atoms with Gasteiger partial charge in [0, 0.05) is 13.1 Å². The quantitative estimate of drug-likeness (QED) is 0.487. The van der Waals surface area contributed by atoms with Crippen molar-refractivity contribution in [2.75, 3.05) is 18.0 Å². The van der Waals surface area contributed by atoms with Crippen LogP contribution < -0.4 is 10.5 Å². The summed E-state index contributed by atoms with van der Waals surface area (Å²) in [7, 11) is 0. The topological polar surface area (TPSA) is 84.1 Å². The van der Waals surface area contributed by atoms with E-state index in [1.807, 2.05) is 4.57 Å². The third kappa shape index (κ3) is 3.86. The molecule has 0 spiro atoms. The first-order valence-corrected chi connectivity index (χ1v) is 10.2. The Morgan fingerprint density at radius 2 is 1.87 bits per heavy atom. The molecule has 3 aromatic rings. The molecule has 0 radical (unpaired) electrons. The first-order valence-electron chi connectivity index (χ1n) is 10.2. The molecule has 31 heavy (non-hydrogen) atoms. The minimum Gasteiger partial charge on any atom is -0.396 e. The molecule has 0 saturated carbocycles. The lowest BCUT2D eigenvalue weighted by molar-refractivity contribution is 0.561. The number of imidazole rings is 1. The predicted molar refractivity (Wildman–Crippen MR) is 118 cm³/mol. The molecule has 0 aliphatic carbocycles. The second-order valence-electron chi connectivity index (χ2n) is 7.37. The van der Waals surface area contributed by atoms with Gasteiger partial charge in [-0.1, -0.05) is 18.1 Å². The van der Waals surface area contributed by atoms with Crippen molar-refractivity contribution in [2.45, 2.75) is 39.3 Å². The van der Waals surface area contributed by atoms with E-state index in [1.165, 1.54) is 11.0 Å². The molecule has 0 atom stereocenters. The summed E-state index contributed by atoms with van der Waals surface area (Å²) in [5, 5.41) is 8.99. The molecule has 0 unspecified atom stereocenters. The maximum atomic E-state index is 13.5. The molecule has 1 fully saturated rings. The number of fused-ring (bicyclic) bond motifs is 1. The van der Waals surface area contributed by atoms with Gasteiger partial charge in [-0.3, -0.25) is 9.13 Å². The largest absolute Gasteiger partial charge is 0.396 e. The van der Waals surface area contributed by atoms with E-state index < -0.39 is 0 Å². The van der Waals surface area contributed by atoms with Crippen molar-refractivity contribution in [3.05, 3.63) is 57.2 Å². The number of hydrogen-bond donors (Lipinski definition) is 0. The summed E-state index contributed by atoms with van der Waals surface area (Å²) in [4.78, 5) is 28.2. The third-order valence-corrected chi connectivity index (χ3v) is 5.40. The highest BCUT2D eigenvalue weighted by molar-refractivity contribution is 5.76. The Bertz CT molecular complexity index is 1320. The van der Waals surface area contributed by atoms with Gasteiger partial charge in [-0.25, -0.2) is 4.79 Å². The number of hydrogen-bond acceptors (Lipinski definition) is 5. The van der Waals surface area contributed by atoms with Crippen LogP contribution in [0.1, 0.15) is 37.3 Å². The van der Waals surface area contributed by atoms with Gasteiger partial charge in [-0.15, -0.1) is 17.5 Å². The maximum Gasteiger partial charge on any atom is 0.343 e. The van der Waals surface area contributed by atoms with E-state index in [2.05, 4.69) is 37.6 Å². The average molecular weight is 411 g/mol. The summed E-state index contributed by atoms with van der Waals surface area (Å²) in [5.41, 5.74) is 1.68. The van der Waals surface area contributed by atoms with Gasteiger partial charge in [0.2, 0.25) is 11.6 Å². The Labute approximate surface area is 180 Å². The lowest BCUT2D eigenvalue weighted by Crippen LogP contribution is -2.32. The predicted octanol–water partition coefficient (Wildman–Crippen LogP) is 3.08. The van der Waals surface area contributed by atoms with Crippen molar-refractivity contribution < 1.29 is 0 Å². The van der Waals surface area contributed by atoms with Gasteiger partial charge >= 0.3 is 11.5 Å². The number of nitrogens with zero attached hydrogens (tertiary/aromatic N) is 7. The fourth-order valence-corrected chi connectivity index (χ4v) is 3.83. The van der Waals surface area contributed by atoms with E-state index in [0.29, 0.717) is 23.6 Å². The number of anilines is 1. The molecule has 8 nitrogen and oxygen atoms in total. The van der Waals surface area contributed by atoms with Crippen molar-refractivity contribution in [2.24, 2.45) is 0 Å². The molecule has 4 rings (SSSR count). The van der Waals surface area contributed by atoms with Gasteiger partial charge in [0.25, 0.3) is 0 Å². The van der Waals surface area contributed by atoms with Crippen molar-refractivity contribution >= 4 is 23.1 Å². The van der Waals surface area contributed by atoms with Crippen molar-refractivity contribution in [3.63, 3.8) is 0 Å². The van der Waals surface area contributed by atoms with Crippen LogP contribution in [0.3, 0.4) is 0 Å². The minimum atomic E-state index is -0.311. The molecule has 1 aliphatic heterocycles. The third-order valence-electron chi connectivity index (χ3n) is 5.40. The monoisotopic (exact) mass is 411 g/mol. The van der Waals surface area contributed by atoms with Crippen LogP contribution in [-0.4, -0.2) is 32.2 Å². The molecular formula is C23H21N7O. The number of aromatic nitrogens is 4. The van der Waals surface area contributed by atoms with Crippen molar-refractivity contribution in [1.82, 2.24) is 19.1 Å². The Morgan fingerprint density at radius 1 is 1.13 bits per heavy atom. The Kier molecular flexibility index (Phi) is 5.69. The van der Waals surface area contributed by atoms with Crippen LogP contribution in [-0.2, 0) is 13.1 Å². The van der Waals surface area contributed by atoms with Gasteiger partial charge in [0.15, 0.2) is 5.52 Å². The van der Waals surface area contributed by atoms with Crippen LogP contribution in [0.5, 0.6) is 0 Å². The highest BCUT2D eigenvalue weighted by Gasteiger charge is 2.25. The summed E-state index contributed by atoms with van der Waals surface area (Å²) >= 11 is 0. The Balaban J connectivity index is 1.87. The lowest BCUT2D eigenvalue weighted by atomic mass is 10.1. The summed E-state index contributed by atoms with van der Waals surface area (Å²) in [6, 6.07) is 9.03. The molecule has 154 valence electrons. The van der Waals surface area contributed by atoms with Crippen LogP contribution in [0.2, 0.25) is 0 Å². The van der Waals surface area contributed by atoms with Crippen LogP contribution in [0.15, 0.2) is 29.1 Å².